The molecule has 32 heavy (non-hydrogen) atoms. The Morgan fingerprint density at radius 2 is 1.66 bits per heavy atom. The molecule has 0 radical (unpaired) electrons. The Balaban J connectivity index is 2.17. The van der Waals surface area contributed by atoms with Crippen molar-refractivity contribution in [3.8, 4) is 22.9 Å². The van der Waals surface area contributed by atoms with Crippen molar-refractivity contribution in [2.75, 3.05) is 5.75 Å². The molecule has 0 fully saturated rings. The molecule has 0 bridgehead atoms. The summed E-state index contributed by atoms with van der Waals surface area (Å²) in [5, 5.41) is 0. The van der Waals surface area contributed by atoms with Gasteiger partial charge in [0.1, 0.15) is 5.69 Å². The van der Waals surface area contributed by atoms with Crippen molar-refractivity contribution in [2.24, 2.45) is 7.05 Å². The molecule has 0 N–H and O–H groups in total. The number of nitrogens with zero attached hydrogens (tertiary/aromatic N) is 5. The minimum Gasteiger partial charge on any atom is -0.327 e. The van der Waals surface area contributed by atoms with Crippen LogP contribution in [0.5, 0.6) is 0 Å². The zero-order valence-corrected chi connectivity index (χ0v) is 17.3. The lowest BCUT2D eigenvalue weighted by Gasteiger charge is -2.23. The molecule has 3 aromatic heterocycles. The SMILES string of the molecule is CCS(=O)(=O)c1cc(-c2ncccn2)cnc1-c1ncc([C@H](F)C(F)(F)C(F)(F)F)n1C. The standard InChI is InChI=1S/C18H15F6N5O2S/c1-3-32(30,31)12-7-10(15-25-5-4-6-26-15)8-27-13(12)16-28-9-11(29(16)2)14(19)17(20,21)18(22,23)24/h4-9,14H,3H2,1-2H3/t14-/m0/s1. The maximum absolute atomic E-state index is 14.2. The molecule has 7 nitrogen and oxygen atoms in total. The second kappa shape index (κ2) is 8.15. The van der Waals surface area contributed by atoms with E-state index in [9.17, 15) is 34.8 Å². The Labute approximate surface area is 178 Å². The molecular formula is C18H15F6N5O2S. The molecule has 1 atom stereocenters. The van der Waals surface area contributed by atoms with Gasteiger partial charge in [-0.2, -0.15) is 22.0 Å². The smallest absolute Gasteiger partial charge is 0.327 e. The van der Waals surface area contributed by atoms with E-state index in [2.05, 4.69) is 19.9 Å². The number of sulfone groups is 1. The Kier molecular flexibility index (Phi) is 6.02. The maximum atomic E-state index is 14.2. The van der Waals surface area contributed by atoms with Crippen LogP contribution in [0.3, 0.4) is 0 Å². The first-order chi connectivity index (χ1) is 14.8. The third kappa shape index (κ3) is 4.06. The molecule has 0 aliphatic rings. The summed E-state index contributed by atoms with van der Waals surface area (Å²) >= 11 is 0. The van der Waals surface area contributed by atoms with Crippen LogP contribution in [0.15, 0.2) is 41.8 Å². The monoisotopic (exact) mass is 479 g/mol. The fraction of sp³-hybridized carbons (Fsp3) is 0.333. The van der Waals surface area contributed by atoms with Crippen molar-refractivity contribution < 1.29 is 34.8 Å². The molecule has 0 saturated heterocycles. The van der Waals surface area contributed by atoms with Gasteiger partial charge in [0.05, 0.1) is 22.5 Å². The van der Waals surface area contributed by atoms with Gasteiger partial charge in [-0.05, 0) is 12.1 Å². The van der Waals surface area contributed by atoms with Gasteiger partial charge in [-0.3, -0.25) is 4.98 Å². The second-order valence-electron chi connectivity index (χ2n) is 6.60. The van der Waals surface area contributed by atoms with Crippen LogP contribution in [0.4, 0.5) is 26.3 Å². The highest BCUT2D eigenvalue weighted by atomic mass is 32.2. The summed E-state index contributed by atoms with van der Waals surface area (Å²) in [6.07, 6.45) is -5.40. The quantitative estimate of drug-likeness (QED) is 0.498. The van der Waals surface area contributed by atoms with Crippen molar-refractivity contribution in [2.45, 2.75) is 30.1 Å². The highest BCUT2D eigenvalue weighted by Gasteiger charge is 2.64. The van der Waals surface area contributed by atoms with E-state index in [1.165, 1.54) is 37.6 Å². The van der Waals surface area contributed by atoms with Crippen LogP contribution in [-0.2, 0) is 16.9 Å². The van der Waals surface area contributed by atoms with Gasteiger partial charge in [0.15, 0.2) is 21.5 Å². The molecule has 3 aromatic rings. The van der Waals surface area contributed by atoms with E-state index in [0.29, 0.717) is 10.8 Å². The molecule has 3 rings (SSSR count). The number of hydrogen-bond donors (Lipinski definition) is 0. The van der Waals surface area contributed by atoms with Gasteiger partial charge in [0.2, 0.25) is 6.17 Å². The van der Waals surface area contributed by atoms with Crippen LogP contribution in [0.2, 0.25) is 0 Å². The zero-order valence-electron chi connectivity index (χ0n) is 16.5. The van der Waals surface area contributed by atoms with Gasteiger partial charge in [-0.1, -0.05) is 6.92 Å². The van der Waals surface area contributed by atoms with Crippen LogP contribution in [0, 0.1) is 0 Å². The van der Waals surface area contributed by atoms with Crippen LogP contribution in [0.1, 0.15) is 18.8 Å². The molecule has 3 heterocycles. The number of hydrogen-bond acceptors (Lipinski definition) is 6. The summed E-state index contributed by atoms with van der Waals surface area (Å²) in [6, 6.07) is 2.72. The van der Waals surface area contributed by atoms with Gasteiger partial charge in [0.25, 0.3) is 0 Å². The zero-order chi connectivity index (χ0) is 23.9. The van der Waals surface area contributed by atoms with E-state index in [1.54, 1.807) is 0 Å². The predicted molar refractivity (Wildman–Crippen MR) is 100 cm³/mol. The van der Waals surface area contributed by atoms with Crippen LogP contribution in [-0.4, -0.2) is 50.8 Å². The third-order valence-corrected chi connectivity index (χ3v) is 6.33. The average molecular weight is 479 g/mol. The van der Waals surface area contributed by atoms with Crippen molar-refractivity contribution >= 4 is 9.84 Å². The lowest BCUT2D eigenvalue weighted by Crippen LogP contribution is -2.41. The minimum absolute atomic E-state index is 0.147. The first-order valence-corrected chi connectivity index (χ1v) is 10.6. The topological polar surface area (TPSA) is 90.6 Å². The van der Waals surface area contributed by atoms with Crippen molar-refractivity contribution in [3.05, 3.63) is 42.6 Å². The number of rotatable bonds is 6. The van der Waals surface area contributed by atoms with E-state index >= 15 is 0 Å². The summed E-state index contributed by atoms with van der Waals surface area (Å²) in [5.74, 6) is -6.32. The number of alkyl halides is 6. The summed E-state index contributed by atoms with van der Waals surface area (Å²) in [6.45, 7) is 1.34. The maximum Gasteiger partial charge on any atom is 0.456 e. The average Bonchev–Trinajstić information content (AvgIpc) is 3.13. The predicted octanol–water partition coefficient (Wildman–Crippen LogP) is 3.94. The van der Waals surface area contributed by atoms with Gasteiger partial charge >= 0.3 is 12.1 Å². The summed E-state index contributed by atoms with van der Waals surface area (Å²) in [4.78, 5) is 15.3. The number of imidazole rings is 1. The molecule has 0 aliphatic heterocycles. The molecule has 14 heteroatoms. The van der Waals surface area contributed by atoms with Crippen LogP contribution >= 0.6 is 0 Å². The molecular weight excluding hydrogens is 464 g/mol. The first-order valence-electron chi connectivity index (χ1n) is 8.92. The Morgan fingerprint density at radius 3 is 2.22 bits per heavy atom. The highest BCUT2D eigenvalue weighted by molar-refractivity contribution is 7.91. The summed E-state index contributed by atoms with van der Waals surface area (Å²) in [5.41, 5.74) is -1.23. The number of aromatic nitrogens is 5. The largest absolute Gasteiger partial charge is 0.456 e. The Bertz CT molecular complexity index is 1230. The van der Waals surface area contributed by atoms with Crippen LogP contribution in [0.25, 0.3) is 22.9 Å². The van der Waals surface area contributed by atoms with Gasteiger partial charge in [-0.15, -0.1) is 0 Å². The molecule has 0 saturated carbocycles. The molecule has 172 valence electrons. The molecule has 0 aromatic carbocycles. The van der Waals surface area contributed by atoms with E-state index < -0.39 is 39.6 Å². The molecule has 0 unspecified atom stereocenters. The molecule has 0 spiro atoms. The van der Waals surface area contributed by atoms with Gasteiger partial charge in [-0.25, -0.2) is 27.8 Å². The van der Waals surface area contributed by atoms with Gasteiger partial charge < -0.3 is 4.57 Å². The van der Waals surface area contributed by atoms with E-state index in [0.717, 1.165) is 7.05 Å². The summed E-state index contributed by atoms with van der Waals surface area (Å²) < 4.78 is 105. The van der Waals surface area contributed by atoms with E-state index in [-0.39, 0.29) is 27.7 Å². The number of pyridine rings is 1. The third-order valence-electron chi connectivity index (χ3n) is 4.58. The van der Waals surface area contributed by atoms with Crippen LogP contribution < -0.4 is 0 Å². The van der Waals surface area contributed by atoms with E-state index in [1.807, 2.05) is 0 Å². The molecule has 0 amide bonds. The highest BCUT2D eigenvalue weighted by Crippen LogP contribution is 2.47. The normalized spacial score (nSPS) is 13.9. The van der Waals surface area contributed by atoms with E-state index in [4.69, 9.17) is 0 Å². The van der Waals surface area contributed by atoms with Crippen molar-refractivity contribution in [3.63, 3.8) is 0 Å². The fourth-order valence-electron chi connectivity index (χ4n) is 2.78. The van der Waals surface area contributed by atoms with Gasteiger partial charge in [0, 0.05) is 31.2 Å². The second-order valence-corrected chi connectivity index (χ2v) is 8.84. The Morgan fingerprint density at radius 1 is 1.03 bits per heavy atom. The Hall–Kier alpha value is -3.03. The van der Waals surface area contributed by atoms with Crippen molar-refractivity contribution in [1.29, 1.82) is 0 Å². The summed E-state index contributed by atoms with van der Waals surface area (Å²) in [7, 11) is -3.00. The lowest BCUT2D eigenvalue weighted by molar-refractivity contribution is -0.305. The fourth-order valence-corrected chi connectivity index (χ4v) is 3.84. The first kappa shape index (κ1) is 23.6. The minimum atomic E-state index is -6.14. The van der Waals surface area contributed by atoms with Crippen molar-refractivity contribution in [1.82, 2.24) is 24.5 Å². The number of halogens is 6. The molecule has 0 aliphatic carbocycles. The lowest BCUT2D eigenvalue weighted by atomic mass is 10.1.